The number of halogens is 1. The van der Waals surface area contributed by atoms with E-state index in [0.29, 0.717) is 18.2 Å². The van der Waals surface area contributed by atoms with Gasteiger partial charge in [-0.25, -0.2) is 13.1 Å². The fourth-order valence-electron chi connectivity index (χ4n) is 1.96. The van der Waals surface area contributed by atoms with Crippen LogP contribution in [-0.2, 0) is 10.0 Å². The first-order valence-electron chi connectivity index (χ1n) is 5.61. The smallest absolute Gasteiger partial charge is 0.211 e. The third-order valence-corrected chi connectivity index (χ3v) is 4.60. The molecular formula is C10H20BrNO2S. The number of sulfonamides is 1. The molecule has 0 aliphatic heterocycles. The van der Waals surface area contributed by atoms with Crippen LogP contribution >= 0.6 is 15.9 Å². The van der Waals surface area contributed by atoms with Gasteiger partial charge in [0.15, 0.2) is 0 Å². The van der Waals surface area contributed by atoms with Crippen LogP contribution in [0.4, 0.5) is 0 Å². The molecule has 0 heterocycles. The maximum Gasteiger partial charge on any atom is 0.211 e. The van der Waals surface area contributed by atoms with E-state index in [1.807, 2.05) is 6.92 Å². The van der Waals surface area contributed by atoms with Gasteiger partial charge in [-0.3, -0.25) is 0 Å². The summed E-state index contributed by atoms with van der Waals surface area (Å²) in [4.78, 5) is 0.193. The third kappa shape index (κ3) is 5.88. The second kappa shape index (κ2) is 6.21. The Bertz CT molecular complexity index is 271. The first kappa shape index (κ1) is 13.5. The molecule has 1 unspecified atom stereocenters. The van der Waals surface area contributed by atoms with Crippen LogP contribution in [-0.4, -0.2) is 25.5 Å². The molecule has 1 aliphatic carbocycles. The van der Waals surface area contributed by atoms with Gasteiger partial charge in [-0.15, -0.1) is 0 Å². The maximum absolute atomic E-state index is 11.7. The highest BCUT2D eigenvalue weighted by Crippen LogP contribution is 2.24. The lowest BCUT2D eigenvalue weighted by atomic mass is 9.91. The molecule has 1 aliphatic rings. The van der Waals surface area contributed by atoms with Crippen molar-refractivity contribution in [3.8, 4) is 0 Å². The predicted molar refractivity (Wildman–Crippen MR) is 66.8 cm³/mol. The standard InChI is InChI=1S/C10H20BrNO2S/c1-9(11)7-12-15(13,14)8-10-5-3-2-4-6-10/h9-10,12H,2-8H2,1H3. The Labute approximate surface area is 101 Å². The highest BCUT2D eigenvalue weighted by Gasteiger charge is 2.21. The summed E-state index contributed by atoms with van der Waals surface area (Å²) < 4.78 is 26.0. The summed E-state index contributed by atoms with van der Waals surface area (Å²) in [5.74, 6) is 0.689. The first-order chi connectivity index (χ1) is 6.99. The summed E-state index contributed by atoms with van der Waals surface area (Å²) in [7, 11) is -3.06. The zero-order valence-electron chi connectivity index (χ0n) is 9.21. The zero-order valence-corrected chi connectivity index (χ0v) is 11.6. The molecule has 0 spiro atoms. The summed E-state index contributed by atoms with van der Waals surface area (Å²) in [6.45, 7) is 2.41. The van der Waals surface area contributed by atoms with Gasteiger partial charge in [-0.2, -0.15) is 0 Å². The summed E-state index contributed by atoms with van der Waals surface area (Å²) in [6, 6.07) is 0. The van der Waals surface area contributed by atoms with Crippen LogP contribution in [0.25, 0.3) is 0 Å². The Balaban J connectivity index is 2.34. The fourth-order valence-corrected chi connectivity index (χ4v) is 3.92. The van der Waals surface area contributed by atoms with Crippen molar-refractivity contribution in [2.75, 3.05) is 12.3 Å². The van der Waals surface area contributed by atoms with Crippen LogP contribution in [0.15, 0.2) is 0 Å². The SMILES string of the molecule is CC(Br)CNS(=O)(=O)CC1CCCCC1. The van der Waals surface area contributed by atoms with Crippen LogP contribution in [0.2, 0.25) is 0 Å². The van der Waals surface area contributed by atoms with Crippen molar-refractivity contribution in [2.45, 2.75) is 43.9 Å². The molecule has 0 saturated heterocycles. The van der Waals surface area contributed by atoms with Crippen LogP contribution in [0.5, 0.6) is 0 Å². The van der Waals surface area contributed by atoms with Crippen molar-refractivity contribution >= 4 is 26.0 Å². The van der Waals surface area contributed by atoms with Gasteiger partial charge < -0.3 is 0 Å². The van der Waals surface area contributed by atoms with Crippen LogP contribution in [0.1, 0.15) is 39.0 Å². The second-order valence-electron chi connectivity index (χ2n) is 4.41. The molecule has 0 amide bonds. The zero-order chi connectivity index (χ0) is 11.3. The number of nitrogens with one attached hydrogen (secondary N) is 1. The molecule has 1 saturated carbocycles. The lowest BCUT2D eigenvalue weighted by molar-refractivity contribution is 0.384. The van der Waals surface area contributed by atoms with E-state index < -0.39 is 10.0 Å². The average molecular weight is 298 g/mol. The molecule has 1 fully saturated rings. The Morgan fingerprint density at radius 2 is 1.93 bits per heavy atom. The Morgan fingerprint density at radius 3 is 2.47 bits per heavy atom. The molecule has 1 rings (SSSR count). The van der Waals surface area contributed by atoms with E-state index in [9.17, 15) is 8.42 Å². The molecule has 1 atom stereocenters. The number of hydrogen-bond donors (Lipinski definition) is 1. The largest absolute Gasteiger partial charge is 0.214 e. The Hall–Kier alpha value is 0.390. The molecule has 15 heavy (non-hydrogen) atoms. The van der Waals surface area contributed by atoms with Crippen molar-refractivity contribution in [1.29, 1.82) is 0 Å². The van der Waals surface area contributed by atoms with Gasteiger partial charge >= 0.3 is 0 Å². The fraction of sp³-hybridized carbons (Fsp3) is 1.00. The Morgan fingerprint density at radius 1 is 1.33 bits per heavy atom. The molecule has 0 radical (unpaired) electrons. The van der Waals surface area contributed by atoms with E-state index >= 15 is 0 Å². The monoisotopic (exact) mass is 297 g/mol. The van der Waals surface area contributed by atoms with Crippen molar-refractivity contribution in [3.05, 3.63) is 0 Å². The molecular weight excluding hydrogens is 278 g/mol. The molecule has 3 nitrogen and oxygen atoms in total. The molecule has 0 aromatic carbocycles. The lowest BCUT2D eigenvalue weighted by Crippen LogP contribution is -2.33. The lowest BCUT2D eigenvalue weighted by Gasteiger charge is -2.21. The van der Waals surface area contributed by atoms with Gasteiger partial charge in [-0.05, 0) is 18.8 Å². The van der Waals surface area contributed by atoms with E-state index in [-0.39, 0.29) is 4.83 Å². The summed E-state index contributed by atoms with van der Waals surface area (Å²) in [5, 5.41) is 0. The second-order valence-corrected chi connectivity index (χ2v) is 7.83. The van der Waals surface area contributed by atoms with Gasteiger partial charge in [0, 0.05) is 11.4 Å². The van der Waals surface area contributed by atoms with Crippen LogP contribution in [0, 0.1) is 5.92 Å². The van der Waals surface area contributed by atoms with Crippen molar-refractivity contribution in [2.24, 2.45) is 5.92 Å². The summed E-state index contributed by atoms with van der Waals surface area (Å²) >= 11 is 3.33. The van der Waals surface area contributed by atoms with E-state index in [0.717, 1.165) is 12.8 Å². The molecule has 0 aromatic rings. The molecule has 0 aromatic heterocycles. The van der Waals surface area contributed by atoms with E-state index in [1.54, 1.807) is 0 Å². The molecule has 0 bridgehead atoms. The van der Waals surface area contributed by atoms with Crippen molar-refractivity contribution in [3.63, 3.8) is 0 Å². The van der Waals surface area contributed by atoms with Crippen LogP contribution in [0.3, 0.4) is 0 Å². The summed E-state index contributed by atoms with van der Waals surface area (Å²) in [6.07, 6.45) is 5.79. The minimum Gasteiger partial charge on any atom is -0.214 e. The molecule has 1 N–H and O–H groups in total. The quantitative estimate of drug-likeness (QED) is 0.791. The predicted octanol–water partition coefficient (Wildman–Crippen LogP) is 2.27. The van der Waals surface area contributed by atoms with Gasteiger partial charge in [0.05, 0.1) is 5.75 Å². The number of hydrogen-bond acceptors (Lipinski definition) is 2. The van der Waals surface area contributed by atoms with Crippen molar-refractivity contribution in [1.82, 2.24) is 4.72 Å². The minimum atomic E-state index is -3.06. The third-order valence-electron chi connectivity index (χ3n) is 2.76. The van der Waals surface area contributed by atoms with Gasteiger partial charge in [0.1, 0.15) is 0 Å². The Kier molecular flexibility index (Phi) is 5.57. The van der Waals surface area contributed by atoms with Gasteiger partial charge in [-0.1, -0.05) is 42.1 Å². The average Bonchev–Trinajstić information content (AvgIpc) is 2.16. The topological polar surface area (TPSA) is 46.2 Å². The first-order valence-corrected chi connectivity index (χ1v) is 8.18. The van der Waals surface area contributed by atoms with Crippen LogP contribution < -0.4 is 4.72 Å². The van der Waals surface area contributed by atoms with Crippen molar-refractivity contribution < 1.29 is 8.42 Å². The molecule has 5 heteroatoms. The molecule has 90 valence electrons. The normalized spacial score (nSPS) is 21.5. The van der Waals surface area contributed by atoms with E-state index in [2.05, 4.69) is 20.7 Å². The summed E-state index contributed by atoms with van der Waals surface area (Å²) in [5.41, 5.74) is 0. The minimum absolute atomic E-state index is 0.193. The van der Waals surface area contributed by atoms with Gasteiger partial charge in [0.25, 0.3) is 0 Å². The maximum atomic E-state index is 11.7. The van der Waals surface area contributed by atoms with E-state index in [1.165, 1.54) is 19.3 Å². The van der Waals surface area contributed by atoms with Gasteiger partial charge in [0.2, 0.25) is 10.0 Å². The highest BCUT2D eigenvalue weighted by atomic mass is 79.9. The van der Waals surface area contributed by atoms with E-state index in [4.69, 9.17) is 0 Å². The number of alkyl halides is 1. The number of rotatable bonds is 5. The highest BCUT2D eigenvalue weighted by molar-refractivity contribution is 9.09.